The van der Waals surface area contributed by atoms with Crippen LogP contribution in [0.3, 0.4) is 0 Å². The smallest absolute Gasteiger partial charge is 0.0538 e. The third-order valence-corrected chi connectivity index (χ3v) is 3.65. The second kappa shape index (κ2) is 3.56. The van der Waals surface area contributed by atoms with Crippen molar-refractivity contribution in [3.05, 3.63) is 41.2 Å². The molecule has 1 aliphatic rings. The second-order valence-corrected chi connectivity index (χ2v) is 6.03. The summed E-state index contributed by atoms with van der Waals surface area (Å²) in [6, 6.07) is 8.76. The first-order chi connectivity index (χ1) is 8.07. The topological polar surface area (TPSA) is 12.9 Å². The molecule has 0 atom stereocenters. The van der Waals surface area contributed by atoms with Crippen molar-refractivity contribution < 1.29 is 0 Å². The fourth-order valence-corrected chi connectivity index (χ4v) is 2.86. The summed E-state index contributed by atoms with van der Waals surface area (Å²) in [6.45, 7) is 6.76. The molecule has 1 aromatic carbocycles. The van der Waals surface area contributed by atoms with Crippen molar-refractivity contribution in [3.8, 4) is 0 Å². The zero-order chi connectivity index (χ0) is 12.0. The maximum absolute atomic E-state index is 4.95. The normalized spacial score (nSPS) is 15.2. The van der Waals surface area contributed by atoms with Crippen LogP contribution in [0.5, 0.6) is 0 Å². The SMILES string of the molecule is CC(C)(C)c1nc2c(c3ccccc13)CCC2. The van der Waals surface area contributed by atoms with Crippen LogP contribution in [0.1, 0.15) is 44.1 Å². The van der Waals surface area contributed by atoms with E-state index in [0.29, 0.717) is 0 Å². The largest absolute Gasteiger partial charge is 0.256 e. The van der Waals surface area contributed by atoms with Gasteiger partial charge in [-0.15, -0.1) is 0 Å². The van der Waals surface area contributed by atoms with Gasteiger partial charge in [-0.2, -0.15) is 0 Å². The van der Waals surface area contributed by atoms with Crippen LogP contribution in [-0.2, 0) is 18.3 Å². The molecule has 1 aromatic heterocycles. The highest BCUT2D eigenvalue weighted by molar-refractivity contribution is 5.89. The van der Waals surface area contributed by atoms with Crippen molar-refractivity contribution in [1.82, 2.24) is 4.98 Å². The summed E-state index contributed by atoms with van der Waals surface area (Å²) >= 11 is 0. The van der Waals surface area contributed by atoms with E-state index in [4.69, 9.17) is 4.98 Å². The summed E-state index contributed by atoms with van der Waals surface area (Å²) in [5.74, 6) is 0. The lowest BCUT2D eigenvalue weighted by atomic mass is 9.87. The number of benzene rings is 1. The molecule has 0 amide bonds. The highest BCUT2D eigenvalue weighted by Gasteiger charge is 2.24. The first-order valence-electron chi connectivity index (χ1n) is 6.48. The van der Waals surface area contributed by atoms with E-state index < -0.39 is 0 Å². The molecule has 3 rings (SSSR count). The van der Waals surface area contributed by atoms with Crippen LogP contribution < -0.4 is 0 Å². The predicted molar refractivity (Wildman–Crippen MR) is 72.5 cm³/mol. The first-order valence-corrected chi connectivity index (χ1v) is 6.48. The maximum atomic E-state index is 4.95. The second-order valence-electron chi connectivity index (χ2n) is 6.03. The van der Waals surface area contributed by atoms with E-state index in [-0.39, 0.29) is 5.41 Å². The minimum Gasteiger partial charge on any atom is -0.256 e. The molecule has 0 saturated heterocycles. The fourth-order valence-electron chi connectivity index (χ4n) is 2.86. The average Bonchev–Trinajstić information content (AvgIpc) is 2.74. The van der Waals surface area contributed by atoms with Gasteiger partial charge in [0.25, 0.3) is 0 Å². The van der Waals surface area contributed by atoms with Gasteiger partial charge in [0.2, 0.25) is 0 Å². The van der Waals surface area contributed by atoms with Crippen LogP contribution in [0.25, 0.3) is 10.8 Å². The third-order valence-electron chi connectivity index (χ3n) is 3.65. The van der Waals surface area contributed by atoms with E-state index >= 15 is 0 Å². The van der Waals surface area contributed by atoms with Crippen molar-refractivity contribution in [2.75, 3.05) is 0 Å². The summed E-state index contributed by atoms with van der Waals surface area (Å²) in [7, 11) is 0. The molecule has 0 spiro atoms. The van der Waals surface area contributed by atoms with Crippen molar-refractivity contribution in [1.29, 1.82) is 0 Å². The molecule has 2 aromatic rings. The number of aromatic nitrogens is 1. The third kappa shape index (κ3) is 1.65. The lowest BCUT2D eigenvalue weighted by Crippen LogP contribution is -2.15. The van der Waals surface area contributed by atoms with E-state index in [1.54, 1.807) is 0 Å². The van der Waals surface area contributed by atoms with Gasteiger partial charge >= 0.3 is 0 Å². The van der Waals surface area contributed by atoms with Gasteiger partial charge in [0, 0.05) is 16.5 Å². The lowest BCUT2D eigenvalue weighted by molar-refractivity contribution is 0.573. The zero-order valence-corrected chi connectivity index (χ0v) is 10.9. The van der Waals surface area contributed by atoms with E-state index in [0.717, 1.165) is 6.42 Å². The highest BCUT2D eigenvalue weighted by Crippen LogP contribution is 2.34. The van der Waals surface area contributed by atoms with Crippen molar-refractivity contribution in [2.24, 2.45) is 0 Å². The summed E-state index contributed by atoms with van der Waals surface area (Å²) in [4.78, 5) is 4.95. The summed E-state index contributed by atoms with van der Waals surface area (Å²) in [5, 5.41) is 2.78. The van der Waals surface area contributed by atoms with Gasteiger partial charge in [0.1, 0.15) is 0 Å². The van der Waals surface area contributed by atoms with E-state index in [1.165, 1.54) is 40.6 Å². The van der Waals surface area contributed by atoms with Gasteiger partial charge in [-0.1, -0.05) is 45.0 Å². The summed E-state index contributed by atoms with van der Waals surface area (Å²) in [6.07, 6.45) is 3.62. The van der Waals surface area contributed by atoms with Crippen LogP contribution in [0.4, 0.5) is 0 Å². The minimum absolute atomic E-state index is 0.122. The highest BCUT2D eigenvalue weighted by atomic mass is 14.7. The monoisotopic (exact) mass is 225 g/mol. The van der Waals surface area contributed by atoms with E-state index in [9.17, 15) is 0 Å². The molecule has 17 heavy (non-hydrogen) atoms. The Morgan fingerprint density at radius 3 is 2.41 bits per heavy atom. The summed E-state index contributed by atoms with van der Waals surface area (Å²) in [5.41, 5.74) is 4.22. The van der Waals surface area contributed by atoms with Crippen molar-refractivity contribution in [2.45, 2.75) is 45.4 Å². The molecule has 0 fully saturated rings. The Balaban J connectivity index is 2.41. The molecule has 0 saturated carbocycles. The van der Waals surface area contributed by atoms with Gasteiger partial charge < -0.3 is 0 Å². The van der Waals surface area contributed by atoms with Crippen molar-refractivity contribution >= 4 is 10.8 Å². The number of hydrogen-bond donors (Lipinski definition) is 0. The molecule has 0 N–H and O–H groups in total. The van der Waals surface area contributed by atoms with Crippen molar-refractivity contribution in [3.63, 3.8) is 0 Å². The average molecular weight is 225 g/mol. The first kappa shape index (κ1) is 10.8. The standard InChI is InChI=1S/C16H19N/c1-16(2,3)15-13-8-5-4-7-11(13)12-9-6-10-14(12)17-15/h4-5,7-8H,6,9-10H2,1-3H3. The minimum atomic E-state index is 0.122. The van der Waals surface area contributed by atoms with Gasteiger partial charge in [-0.3, -0.25) is 4.98 Å². The molecular weight excluding hydrogens is 206 g/mol. The predicted octanol–water partition coefficient (Wildman–Crippen LogP) is 4.02. The van der Waals surface area contributed by atoms with Gasteiger partial charge in [-0.05, 0) is 30.2 Å². The lowest BCUT2D eigenvalue weighted by Gasteiger charge is -2.21. The van der Waals surface area contributed by atoms with Gasteiger partial charge in [-0.25, -0.2) is 0 Å². The molecule has 88 valence electrons. The van der Waals surface area contributed by atoms with Gasteiger partial charge in [0.05, 0.1) is 5.69 Å². The number of nitrogens with zero attached hydrogens (tertiary/aromatic N) is 1. The number of fused-ring (bicyclic) bond motifs is 3. The summed E-state index contributed by atoms with van der Waals surface area (Å²) < 4.78 is 0. The Morgan fingerprint density at radius 1 is 1.00 bits per heavy atom. The molecule has 1 heterocycles. The molecule has 0 radical (unpaired) electrons. The molecule has 0 aliphatic heterocycles. The van der Waals surface area contributed by atoms with Crippen LogP contribution in [0, 0.1) is 0 Å². The van der Waals surface area contributed by atoms with Gasteiger partial charge in [0.15, 0.2) is 0 Å². The Morgan fingerprint density at radius 2 is 1.71 bits per heavy atom. The Bertz CT molecular complexity index is 576. The van der Waals surface area contributed by atoms with E-state index in [1.807, 2.05) is 0 Å². The number of hydrogen-bond acceptors (Lipinski definition) is 1. The van der Waals surface area contributed by atoms with Crippen LogP contribution in [0.15, 0.2) is 24.3 Å². The zero-order valence-electron chi connectivity index (χ0n) is 10.9. The maximum Gasteiger partial charge on any atom is 0.0538 e. The van der Waals surface area contributed by atoms with Crippen LogP contribution >= 0.6 is 0 Å². The van der Waals surface area contributed by atoms with Crippen LogP contribution in [0.2, 0.25) is 0 Å². The molecule has 1 aliphatic carbocycles. The Kier molecular flexibility index (Phi) is 2.25. The molecule has 1 nitrogen and oxygen atoms in total. The molecule has 0 bridgehead atoms. The molecule has 1 heteroatoms. The number of aryl methyl sites for hydroxylation is 2. The Labute approximate surface area is 103 Å². The molecule has 0 unspecified atom stereocenters. The number of rotatable bonds is 0. The fraction of sp³-hybridized carbons (Fsp3) is 0.438. The van der Waals surface area contributed by atoms with Crippen LogP contribution in [-0.4, -0.2) is 4.98 Å². The Hall–Kier alpha value is -1.37. The van der Waals surface area contributed by atoms with E-state index in [2.05, 4.69) is 45.0 Å². The quantitative estimate of drug-likeness (QED) is 0.660. The number of pyridine rings is 1. The molecular formula is C16H19N.